The van der Waals surface area contributed by atoms with Crippen LogP contribution in [0.1, 0.15) is 87.0 Å². The van der Waals surface area contributed by atoms with Gasteiger partial charge in [0.1, 0.15) is 34.7 Å². The number of phenolic OH excluding ortho intramolecular Hbond substituents is 3. The largest absolute Gasteiger partial charge is 0.508 e. The number of benzene rings is 2. The van der Waals surface area contributed by atoms with Gasteiger partial charge >= 0.3 is 0 Å². The number of rotatable bonds is 8. The first kappa shape index (κ1) is 26.1. The number of hydrogen-bond acceptors (Lipinski definition) is 5. The Morgan fingerprint density at radius 1 is 0.943 bits per heavy atom. The topological polar surface area (TPSA) is 87.0 Å². The smallest absolute Gasteiger partial charge is 0.174 e. The fourth-order valence-corrected chi connectivity index (χ4v) is 4.14. The van der Waals surface area contributed by atoms with Crippen LogP contribution in [0.4, 0.5) is 0 Å². The monoisotopic (exact) mass is 476 g/mol. The molecule has 0 saturated carbocycles. The Labute approximate surface area is 208 Å². The molecule has 0 fully saturated rings. The molecule has 35 heavy (non-hydrogen) atoms. The summed E-state index contributed by atoms with van der Waals surface area (Å²) in [5, 5.41) is 31.6. The fourth-order valence-electron chi connectivity index (χ4n) is 4.14. The molecule has 0 saturated heterocycles. The van der Waals surface area contributed by atoms with E-state index in [0.717, 1.165) is 29.5 Å². The molecule has 186 valence electrons. The van der Waals surface area contributed by atoms with Crippen LogP contribution >= 0.6 is 0 Å². The zero-order chi connectivity index (χ0) is 25.7. The van der Waals surface area contributed by atoms with Gasteiger partial charge in [0, 0.05) is 11.6 Å². The Morgan fingerprint density at radius 3 is 2.34 bits per heavy atom. The first-order valence-electron chi connectivity index (χ1n) is 12.1. The summed E-state index contributed by atoms with van der Waals surface area (Å²) in [4.78, 5) is 13.0. The number of aromatic hydroxyl groups is 3. The van der Waals surface area contributed by atoms with Crippen LogP contribution in [0, 0.1) is 0 Å². The zero-order valence-electron chi connectivity index (χ0n) is 21.3. The predicted molar refractivity (Wildman–Crippen MR) is 139 cm³/mol. The molecular formula is C30H36O5. The van der Waals surface area contributed by atoms with E-state index in [-0.39, 0.29) is 40.8 Å². The van der Waals surface area contributed by atoms with Crippen molar-refractivity contribution in [2.24, 2.45) is 0 Å². The molecule has 1 atom stereocenters. The van der Waals surface area contributed by atoms with Crippen LogP contribution in [0.25, 0.3) is 0 Å². The lowest BCUT2D eigenvalue weighted by atomic mass is 9.92. The highest BCUT2D eigenvalue weighted by molar-refractivity contribution is 6.03. The third kappa shape index (κ3) is 6.56. The minimum Gasteiger partial charge on any atom is -0.508 e. The van der Waals surface area contributed by atoms with Crippen LogP contribution in [-0.2, 0) is 12.8 Å². The molecule has 0 unspecified atom stereocenters. The second kappa shape index (κ2) is 11.3. The molecule has 5 heteroatoms. The molecule has 5 nitrogen and oxygen atoms in total. The summed E-state index contributed by atoms with van der Waals surface area (Å²) < 4.78 is 6.07. The van der Waals surface area contributed by atoms with Gasteiger partial charge in [-0.2, -0.15) is 0 Å². The number of Topliss-reactive ketones (excluding diaryl/α,β-unsaturated/α-hetero) is 1. The van der Waals surface area contributed by atoms with Crippen molar-refractivity contribution in [1.82, 2.24) is 0 Å². The number of hydrogen-bond donors (Lipinski definition) is 3. The second-order valence-electron chi connectivity index (χ2n) is 9.78. The van der Waals surface area contributed by atoms with Crippen molar-refractivity contribution in [2.75, 3.05) is 0 Å². The lowest BCUT2D eigenvalue weighted by Gasteiger charge is -2.27. The first-order valence-corrected chi connectivity index (χ1v) is 12.1. The van der Waals surface area contributed by atoms with Crippen molar-refractivity contribution < 1.29 is 24.9 Å². The second-order valence-corrected chi connectivity index (χ2v) is 9.78. The summed E-state index contributed by atoms with van der Waals surface area (Å²) in [5.41, 5.74) is 5.56. The molecule has 3 N–H and O–H groups in total. The SMILES string of the molecule is CC(C)=CCCC(C)=CCc1cc([C@@H]2CC(=O)c3c(cc(O)c(CC=C(C)C)c3O)O2)ccc1O. The fraction of sp³-hybridized carbons (Fsp3) is 0.367. The maximum atomic E-state index is 13.0. The van der Waals surface area contributed by atoms with Gasteiger partial charge < -0.3 is 20.1 Å². The summed E-state index contributed by atoms with van der Waals surface area (Å²) in [6.45, 7) is 10.1. The maximum absolute atomic E-state index is 13.0. The van der Waals surface area contributed by atoms with Gasteiger partial charge in [-0.05, 0) is 83.6 Å². The van der Waals surface area contributed by atoms with Crippen LogP contribution < -0.4 is 4.74 Å². The summed E-state index contributed by atoms with van der Waals surface area (Å²) in [7, 11) is 0. The molecule has 0 bridgehead atoms. The minimum atomic E-state index is -0.570. The van der Waals surface area contributed by atoms with Crippen LogP contribution in [0.5, 0.6) is 23.0 Å². The average Bonchev–Trinajstić information content (AvgIpc) is 2.77. The lowest BCUT2D eigenvalue weighted by molar-refractivity contribution is 0.0844. The molecule has 2 aromatic carbocycles. The van der Waals surface area contributed by atoms with Crippen LogP contribution in [-0.4, -0.2) is 21.1 Å². The molecule has 1 heterocycles. The summed E-state index contributed by atoms with van der Waals surface area (Å²) in [6.07, 6.45) is 8.56. The molecule has 0 aromatic heterocycles. The Morgan fingerprint density at radius 2 is 1.66 bits per heavy atom. The Kier molecular flexibility index (Phi) is 8.44. The normalized spacial score (nSPS) is 15.3. The lowest BCUT2D eigenvalue weighted by Crippen LogP contribution is -2.21. The number of ketones is 1. The van der Waals surface area contributed by atoms with Crippen molar-refractivity contribution >= 4 is 5.78 Å². The van der Waals surface area contributed by atoms with E-state index in [9.17, 15) is 20.1 Å². The third-order valence-electron chi connectivity index (χ3n) is 6.22. The molecule has 2 aromatic rings. The van der Waals surface area contributed by atoms with E-state index in [1.54, 1.807) is 12.1 Å². The van der Waals surface area contributed by atoms with Gasteiger partial charge in [0.05, 0.1) is 6.42 Å². The summed E-state index contributed by atoms with van der Waals surface area (Å²) in [6, 6.07) is 6.64. The third-order valence-corrected chi connectivity index (χ3v) is 6.22. The molecule has 3 rings (SSSR count). The average molecular weight is 477 g/mol. The van der Waals surface area contributed by atoms with Crippen molar-refractivity contribution in [3.63, 3.8) is 0 Å². The summed E-state index contributed by atoms with van der Waals surface area (Å²) >= 11 is 0. The Balaban J connectivity index is 1.82. The number of carbonyl (C=O) groups is 1. The molecule has 0 spiro atoms. The van der Waals surface area contributed by atoms with Gasteiger partial charge in [-0.25, -0.2) is 0 Å². The maximum Gasteiger partial charge on any atom is 0.174 e. The van der Waals surface area contributed by atoms with Crippen LogP contribution in [0.2, 0.25) is 0 Å². The van der Waals surface area contributed by atoms with Gasteiger partial charge in [-0.3, -0.25) is 4.79 Å². The van der Waals surface area contributed by atoms with Gasteiger partial charge in [0.25, 0.3) is 0 Å². The number of fused-ring (bicyclic) bond motifs is 1. The van der Waals surface area contributed by atoms with Crippen LogP contribution in [0.15, 0.2) is 59.2 Å². The molecule has 1 aliphatic heterocycles. The number of ether oxygens (including phenoxy) is 1. The van der Waals surface area contributed by atoms with E-state index in [4.69, 9.17) is 4.74 Å². The van der Waals surface area contributed by atoms with E-state index < -0.39 is 6.10 Å². The first-order chi connectivity index (χ1) is 16.6. The summed E-state index contributed by atoms with van der Waals surface area (Å²) in [5.74, 6) is -0.194. The molecule has 0 amide bonds. The molecule has 1 aliphatic rings. The van der Waals surface area contributed by atoms with Crippen molar-refractivity contribution in [3.8, 4) is 23.0 Å². The Hall–Kier alpha value is -3.47. The van der Waals surface area contributed by atoms with E-state index in [0.29, 0.717) is 18.4 Å². The van der Waals surface area contributed by atoms with Crippen molar-refractivity contribution in [3.05, 3.63) is 81.5 Å². The minimum absolute atomic E-state index is 0.0647. The van der Waals surface area contributed by atoms with Gasteiger partial charge in [0.2, 0.25) is 0 Å². The number of allylic oxidation sites excluding steroid dienone is 6. The standard InChI is InChI=1S/C30H36O5/c1-18(2)7-6-8-20(5)10-11-21-15-22(12-14-24(21)31)27-17-26(33)29-28(35-27)16-25(32)23(30(29)34)13-9-19(3)4/h7,9-10,12,14-16,27,31-32,34H,6,8,11,13,17H2,1-5H3/t27-/m0/s1. The Bertz CT molecular complexity index is 1190. The van der Waals surface area contributed by atoms with E-state index in [1.807, 2.05) is 26.0 Å². The molecular weight excluding hydrogens is 440 g/mol. The highest BCUT2D eigenvalue weighted by Gasteiger charge is 2.32. The van der Waals surface area contributed by atoms with E-state index in [1.165, 1.54) is 17.2 Å². The van der Waals surface area contributed by atoms with E-state index >= 15 is 0 Å². The van der Waals surface area contributed by atoms with Crippen molar-refractivity contribution in [2.45, 2.75) is 72.8 Å². The van der Waals surface area contributed by atoms with Gasteiger partial charge in [-0.15, -0.1) is 0 Å². The quantitative estimate of drug-likeness (QED) is 0.349. The van der Waals surface area contributed by atoms with Gasteiger partial charge in [-0.1, -0.05) is 41.0 Å². The number of carbonyl (C=O) groups excluding carboxylic acids is 1. The highest BCUT2D eigenvalue weighted by atomic mass is 16.5. The predicted octanol–water partition coefficient (Wildman–Crippen LogP) is 7.25. The van der Waals surface area contributed by atoms with Gasteiger partial charge in [0.15, 0.2) is 5.78 Å². The highest BCUT2D eigenvalue weighted by Crippen LogP contribution is 2.45. The van der Waals surface area contributed by atoms with Crippen LogP contribution in [0.3, 0.4) is 0 Å². The zero-order valence-corrected chi connectivity index (χ0v) is 21.3. The van der Waals surface area contributed by atoms with E-state index in [2.05, 4.69) is 32.9 Å². The van der Waals surface area contributed by atoms with Crippen molar-refractivity contribution in [1.29, 1.82) is 0 Å². The number of phenols is 3. The molecule has 0 aliphatic carbocycles. The molecule has 0 radical (unpaired) electrons.